The molecule has 0 spiro atoms. The predicted octanol–water partition coefficient (Wildman–Crippen LogP) is 5.45. The van der Waals surface area contributed by atoms with Crippen LogP contribution in [0.15, 0.2) is 60.2 Å². The topological polar surface area (TPSA) is 46.5 Å². The number of carboxylic acid groups (broad SMARTS) is 1. The first kappa shape index (κ1) is 18.8. The van der Waals surface area contributed by atoms with Crippen LogP contribution in [-0.4, -0.2) is 17.7 Å². The Morgan fingerprint density at radius 1 is 1.14 bits per heavy atom. The van der Waals surface area contributed by atoms with Crippen molar-refractivity contribution >= 4 is 5.97 Å². The summed E-state index contributed by atoms with van der Waals surface area (Å²) in [5.74, 6) is 0.00199. The minimum absolute atomic E-state index is 0.0137. The van der Waals surface area contributed by atoms with E-state index in [1.807, 2.05) is 38.1 Å². The van der Waals surface area contributed by atoms with Crippen LogP contribution in [0.25, 0.3) is 0 Å². The summed E-state index contributed by atoms with van der Waals surface area (Å²) in [7, 11) is 0. The van der Waals surface area contributed by atoms with E-state index in [0.29, 0.717) is 6.61 Å². The van der Waals surface area contributed by atoms with Crippen molar-refractivity contribution in [3.05, 3.63) is 76.9 Å². The average molecular weight is 376 g/mol. The second kappa shape index (κ2) is 6.51. The van der Waals surface area contributed by atoms with Gasteiger partial charge in [-0.2, -0.15) is 0 Å². The molecular weight excluding hydrogens is 348 g/mol. The van der Waals surface area contributed by atoms with Crippen LogP contribution in [0.1, 0.15) is 50.3 Å². The molecule has 1 aliphatic carbocycles. The maximum atomic E-state index is 12.6. The Morgan fingerprint density at radius 2 is 1.86 bits per heavy atom. The molecule has 1 fully saturated rings. The molecule has 1 N–H and O–H groups in total. The lowest BCUT2D eigenvalue weighted by Crippen LogP contribution is -2.30. The molecule has 3 atom stereocenters. The highest BCUT2D eigenvalue weighted by Crippen LogP contribution is 2.76. The summed E-state index contributed by atoms with van der Waals surface area (Å²) in [5.41, 5.74) is 3.53. The SMILES string of the molecule is CC(C)=CC1C(C)(C)C1(C(=O)O)C1COc2ccc(Cc3ccccc3)cc21. The number of benzene rings is 2. The third-order valence-corrected chi connectivity index (χ3v) is 6.76. The molecule has 3 nitrogen and oxygen atoms in total. The van der Waals surface area contributed by atoms with Crippen LogP contribution in [-0.2, 0) is 11.2 Å². The maximum Gasteiger partial charge on any atom is 0.311 e. The molecular formula is C25H28O3. The van der Waals surface area contributed by atoms with E-state index < -0.39 is 11.4 Å². The van der Waals surface area contributed by atoms with Crippen molar-refractivity contribution < 1.29 is 14.6 Å². The Morgan fingerprint density at radius 3 is 2.50 bits per heavy atom. The maximum absolute atomic E-state index is 12.6. The van der Waals surface area contributed by atoms with Gasteiger partial charge in [0.2, 0.25) is 0 Å². The van der Waals surface area contributed by atoms with E-state index in [4.69, 9.17) is 4.74 Å². The van der Waals surface area contributed by atoms with Gasteiger partial charge in [0.15, 0.2) is 0 Å². The van der Waals surface area contributed by atoms with Crippen molar-refractivity contribution in [3.8, 4) is 5.75 Å². The van der Waals surface area contributed by atoms with Crippen molar-refractivity contribution in [1.82, 2.24) is 0 Å². The van der Waals surface area contributed by atoms with E-state index >= 15 is 0 Å². The Bertz CT molecular complexity index is 938. The molecule has 0 aromatic heterocycles. The minimum atomic E-state index is -0.819. The number of ether oxygens (including phenoxy) is 1. The predicted molar refractivity (Wildman–Crippen MR) is 111 cm³/mol. The smallest absolute Gasteiger partial charge is 0.311 e. The lowest BCUT2D eigenvalue weighted by atomic mass is 9.78. The van der Waals surface area contributed by atoms with Crippen molar-refractivity contribution in [2.75, 3.05) is 6.61 Å². The molecule has 2 aromatic carbocycles. The normalized spacial score (nSPS) is 26.9. The van der Waals surface area contributed by atoms with Gasteiger partial charge < -0.3 is 9.84 Å². The van der Waals surface area contributed by atoms with Crippen molar-refractivity contribution in [2.24, 2.45) is 16.7 Å². The minimum Gasteiger partial charge on any atom is -0.493 e. The molecule has 0 saturated heterocycles. The fourth-order valence-electron chi connectivity index (χ4n) is 5.32. The van der Waals surface area contributed by atoms with Crippen molar-refractivity contribution in [1.29, 1.82) is 0 Å². The zero-order valence-electron chi connectivity index (χ0n) is 17.0. The van der Waals surface area contributed by atoms with Crippen molar-refractivity contribution in [2.45, 2.75) is 40.0 Å². The van der Waals surface area contributed by atoms with E-state index in [9.17, 15) is 9.90 Å². The number of hydrogen-bond acceptors (Lipinski definition) is 2. The molecule has 2 aromatic rings. The summed E-state index contributed by atoms with van der Waals surface area (Å²) < 4.78 is 5.96. The molecule has 0 amide bonds. The van der Waals surface area contributed by atoms with Gasteiger partial charge in [0, 0.05) is 17.4 Å². The summed E-state index contributed by atoms with van der Waals surface area (Å²) in [6.07, 6.45) is 2.97. The number of fused-ring (bicyclic) bond motifs is 1. The number of rotatable bonds is 5. The Hall–Kier alpha value is -2.55. The van der Waals surface area contributed by atoms with Crippen LogP contribution in [0.4, 0.5) is 0 Å². The molecule has 1 saturated carbocycles. The van der Waals surface area contributed by atoms with Gasteiger partial charge in [0.25, 0.3) is 0 Å². The first-order valence-electron chi connectivity index (χ1n) is 9.96. The van der Waals surface area contributed by atoms with Gasteiger partial charge in [-0.3, -0.25) is 4.79 Å². The van der Waals surface area contributed by atoms with E-state index in [-0.39, 0.29) is 17.3 Å². The van der Waals surface area contributed by atoms with Gasteiger partial charge in [-0.15, -0.1) is 0 Å². The number of allylic oxidation sites excluding steroid dienone is 2. The number of hydrogen-bond donors (Lipinski definition) is 1. The number of carboxylic acids is 1. The van der Waals surface area contributed by atoms with E-state index in [1.54, 1.807) is 0 Å². The zero-order chi connectivity index (χ0) is 20.1. The summed E-state index contributed by atoms with van der Waals surface area (Å²) in [6.45, 7) is 8.68. The van der Waals surface area contributed by atoms with Crippen molar-refractivity contribution in [3.63, 3.8) is 0 Å². The quantitative estimate of drug-likeness (QED) is 0.706. The lowest BCUT2D eigenvalue weighted by Gasteiger charge is -2.22. The second-order valence-corrected chi connectivity index (χ2v) is 9.02. The summed E-state index contributed by atoms with van der Waals surface area (Å²) >= 11 is 0. The third kappa shape index (κ3) is 2.68. The molecule has 0 radical (unpaired) electrons. The van der Waals surface area contributed by atoms with Crippen LogP contribution in [0.2, 0.25) is 0 Å². The van der Waals surface area contributed by atoms with E-state index in [0.717, 1.165) is 23.3 Å². The van der Waals surface area contributed by atoms with Crippen LogP contribution < -0.4 is 4.74 Å². The average Bonchev–Trinajstić information content (AvgIpc) is 2.93. The fraction of sp³-hybridized carbons (Fsp3) is 0.400. The summed E-state index contributed by atoms with van der Waals surface area (Å²) in [5, 5.41) is 10.3. The van der Waals surface area contributed by atoms with Gasteiger partial charge in [0.05, 0.1) is 12.0 Å². The van der Waals surface area contributed by atoms with Crippen LogP contribution in [0.3, 0.4) is 0 Å². The van der Waals surface area contributed by atoms with Gasteiger partial charge >= 0.3 is 5.97 Å². The van der Waals surface area contributed by atoms with Crippen LogP contribution in [0.5, 0.6) is 5.75 Å². The third-order valence-electron chi connectivity index (χ3n) is 6.76. The van der Waals surface area contributed by atoms with E-state index in [2.05, 4.69) is 44.2 Å². The molecule has 1 aliphatic heterocycles. The number of aliphatic carboxylic acids is 1. The fourth-order valence-corrected chi connectivity index (χ4v) is 5.32. The Balaban J connectivity index is 1.73. The molecule has 1 heterocycles. The molecule has 2 aliphatic rings. The monoisotopic (exact) mass is 376 g/mol. The highest BCUT2D eigenvalue weighted by atomic mass is 16.5. The van der Waals surface area contributed by atoms with Gasteiger partial charge in [-0.25, -0.2) is 0 Å². The molecule has 4 rings (SSSR count). The standard InChI is InChI=1S/C25H28O3/c1-16(2)12-22-24(3,4)25(22,23(26)27)20-15-28-21-11-10-18(14-19(20)21)13-17-8-6-5-7-9-17/h5-12,14,20,22H,13,15H2,1-4H3,(H,26,27). The van der Waals surface area contributed by atoms with Gasteiger partial charge in [-0.05, 0) is 42.9 Å². The first-order chi connectivity index (χ1) is 13.3. The Kier molecular flexibility index (Phi) is 4.37. The van der Waals surface area contributed by atoms with Crippen LogP contribution >= 0.6 is 0 Å². The largest absolute Gasteiger partial charge is 0.493 e. The Labute approximate surface area is 167 Å². The molecule has 0 bridgehead atoms. The first-order valence-corrected chi connectivity index (χ1v) is 9.96. The summed E-state index contributed by atoms with van der Waals surface area (Å²) in [4.78, 5) is 12.6. The lowest BCUT2D eigenvalue weighted by molar-refractivity contribution is -0.146. The second-order valence-electron chi connectivity index (χ2n) is 9.02. The zero-order valence-corrected chi connectivity index (χ0v) is 17.0. The highest BCUT2D eigenvalue weighted by molar-refractivity contribution is 5.84. The molecule has 3 heteroatoms. The van der Waals surface area contributed by atoms with Gasteiger partial charge in [-0.1, -0.05) is 68.0 Å². The van der Waals surface area contributed by atoms with Crippen LogP contribution in [0, 0.1) is 16.7 Å². The molecule has 146 valence electrons. The number of carbonyl (C=O) groups is 1. The van der Waals surface area contributed by atoms with E-state index in [1.165, 1.54) is 11.1 Å². The molecule has 3 unspecified atom stereocenters. The van der Waals surface area contributed by atoms with Gasteiger partial charge in [0.1, 0.15) is 5.75 Å². The molecule has 28 heavy (non-hydrogen) atoms. The highest BCUT2D eigenvalue weighted by Gasteiger charge is 2.78. The summed E-state index contributed by atoms with van der Waals surface area (Å²) in [6, 6.07) is 16.6.